The van der Waals surface area contributed by atoms with Crippen LogP contribution in [-0.2, 0) is 6.42 Å². The summed E-state index contributed by atoms with van der Waals surface area (Å²) in [7, 11) is 0. The Kier molecular flexibility index (Phi) is 5.12. The minimum Gasteiger partial charge on any atom is -0.507 e. The van der Waals surface area contributed by atoms with Crippen LogP contribution in [0.2, 0.25) is 0 Å². The van der Waals surface area contributed by atoms with E-state index in [1.54, 1.807) is 12.3 Å². The van der Waals surface area contributed by atoms with Gasteiger partial charge in [0.05, 0.1) is 5.69 Å². The number of aryl methyl sites for hydroxylation is 2. The maximum Gasteiger partial charge on any atom is 0.339 e. The first-order valence-electron chi connectivity index (χ1n) is 8.79. The molecular formula is C22H22N2O3. The first-order chi connectivity index (χ1) is 12.9. The SMILES string of the molecule is CCc1ccc(-n2c(C)cc(C=Nc3ccc(O)c(C(=O)O)c3)c2C)cc1. The fourth-order valence-electron chi connectivity index (χ4n) is 3.12. The van der Waals surface area contributed by atoms with Crippen LogP contribution in [0.25, 0.3) is 5.69 Å². The van der Waals surface area contributed by atoms with E-state index in [9.17, 15) is 9.90 Å². The fourth-order valence-corrected chi connectivity index (χ4v) is 3.12. The highest BCUT2D eigenvalue weighted by atomic mass is 16.4. The molecule has 27 heavy (non-hydrogen) atoms. The van der Waals surface area contributed by atoms with E-state index in [2.05, 4.69) is 40.7 Å². The van der Waals surface area contributed by atoms with E-state index in [-0.39, 0.29) is 11.3 Å². The molecule has 0 aliphatic rings. The fraction of sp³-hybridized carbons (Fsp3) is 0.182. The number of benzene rings is 2. The molecule has 0 aliphatic heterocycles. The predicted octanol–water partition coefficient (Wildman–Crippen LogP) is 4.81. The molecule has 138 valence electrons. The van der Waals surface area contributed by atoms with Crippen molar-refractivity contribution in [3.05, 3.63) is 76.6 Å². The van der Waals surface area contributed by atoms with Gasteiger partial charge < -0.3 is 14.8 Å². The number of hydrogen-bond acceptors (Lipinski definition) is 3. The van der Waals surface area contributed by atoms with Crippen molar-refractivity contribution in [3.8, 4) is 11.4 Å². The highest BCUT2D eigenvalue weighted by Gasteiger charge is 2.11. The molecule has 3 rings (SSSR count). The molecule has 0 unspecified atom stereocenters. The number of phenols is 1. The number of carboxylic acid groups (broad SMARTS) is 1. The summed E-state index contributed by atoms with van der Waals surface area (Å²) in [5.74, 6) is -1.45. The topological polar surface area (TPSA) is 74.8 Å². The zero-order chi connectivity index (χ0) is 19.6. The lowest BCUT2D eigenvalue weighted by atomic mass is 10.1. The second-order valence-corrected chi connectivity index (χ2v) is 6.45. The van der Waals surface area contributed by atoms with E-state index < -0.39 is 5.97 Å². The summed E-state index contributed by atoms with van der Waals surface area (Å²) in [6.07, 6.45) is 2.73. The van der Waals surface area contributed by atoms with Crippen molar-refractivity contribution in [2.24, 2.45) is 4.99 Å². The molecule has 2 aromatic carbocycles. The average molecular weight is 362 g/mol. The number of carbonyl (C=O) groups is 1. The first kappa shape index (κ1) is 18.5. The van der Waals surface area contributed by atoms with Gasteiger partial charge in [-0.3, -0.25) is 4.99 Å². The number of aromatic nitrogens is 1. The van der Waals surface area contributed by atoms with Gasteiger partial charge in [0.2, 0.25) is 0 Å². The molecule has 0 atom stereocenters. The Morgan fingerprint density at radius 1 is 1.11 bits per heavy atom. The Bertz CT molecular complexity index is 1010. The molecular weight excluding hydrogens is 340 g/mol. The Morgan fingerprint density at radius 3 is 2.44 bits per heavy atom. The number of hydrogen-bond donors (Lipinski definition) is 2. The molecule has 3 aromatic rings. The molecule has 0 fully saturated rings. The third-order valence-corrected chi connectivity index (χ3v) is 4.64. The van der Waals surface area contributed by atoms with E-state index in [0.717, 1.165) is 29.1 Å². The Balaban J connectivity index is 1.93. The second-order valence-electron chi connectivity index (χ2n) is 6.45. The summed E-state index contributed by atoms with van der Waals surface area (Å²) in [6.45, 7) is 6.21. The van der Waals surface area contributed by atoms with Crippen LogP contribution in [0.15, 0.2) is 53.5 Å². The van der Waals surface area contributed by atoms with Crippen molar-refractivity contribution in [2.45, 2.75) is 27.2 Å². The number of nitrogens with zero attached hydrogens (tertiary/aromatic N) is 2. The van der Waals surface area contributed by atoms with Gasteiger partial charge >= 0.3 is 5.97 Å². The van der Waals surface area contributed by atoms with Crippen LogP contribution in [0.5, 0.6) is 5.75 Å². The number of aromatic hydroxyl groups is 1. The van der Waals surface area contributed by atoms with Crippen LogP contribution in [0.4, 0.5) is 5.69 Å². The third-order valence-electron chi connectivity index (χ3n) is 4.64. The van der Waals surface area contributed by atoms with Crippen molar-refractivity contribution >= 4 is 17.9 Å². The molecule has 0 bridgehead atoms. The maximum atomic E-state index is 11.1. The average Bonchev–Trinajstić information content (AvgIpc) is 2.94. The maximum absolute atomic E-state index is 11.1. The van der Waals surface area contributed by atoms with Crippen LogP contribution in [0.1, 0.15) is 39.8 Å². The number of rotatable bonds is 5. The summed E-state index contributed by atoms with van der Waals surface area (Å²) in [5.41, 5.74) is 5.81. The van der Waals surface area contributed by atoms with Crippen molar-refractivity contribution in [1.82, 2.24) is 4.57 Å². The van der Waals surface area contributed by atoms with E-state index in [1.165, 1.54) is 17.7 Å². The molecule has 0 spiro atoms. The Labute approximate surface area is 158 Å². The molecule has 1 aromatic heterocycles. The lowest BCUT2D eigenvalue weighted by Crippen LogP contribution is -1.99. The van der Waals surface area contributed by atoms with Crippen molar-refractivity contribution in [3.63, 3.8) is 0 Å². The van der Waals surface area contributed by atoms with Gasteiger partial charge in [-0.15, -0.1) is 0 Å². The molecule has 5 heteroatoms. The monoisotopic (exact) mass is 362 g/mol. The van der Waals surface area contributed by atoms with Crippen LogP contribution in [-0.4, -0.2) is 27.0 Å². The summed E-state index contributed by atoms with van der Waals surface area (Å²) < 4.78 is 2.17. The molecule has 0 saturated heterocycles. The zero-order valence-corrected chi connectivity index (χ0v) is 15.6. The van der Waals surface area contributed by atoms with E-state index in [4.69, 9.17) is 5.11 Å². The van der Waals surface area contributed by atoms with Crippen molar-refractivity contribution in [2.75, 3.05) is 0 Å². The van der Waals surface area contributed by atoms with Gasteiger partial charge in [-0.25, -0.2) is 4.79 Å². The number of carboxylic acids is 1. The first-order valence-corrected chi connectivity index (χ1v) is 8.79. The molecule has 2 N–H and O–H groups in total. The van der Waals surface area contributed by atoms with Crippen LogP contribution >= 0.6 is 0 Å². The van der Waals surface area contributed by atoms with Crippen LogP contribution < -0.4 is 0 Å². The zero-order valence-electron chi connectivity index (χ0n) is 15.6. The highest BCUT2D eigenvalue weighted by molar-refractivity contribution is 5.92. The Morgan fingerprint density at radius 2 is 1.81 bits per heavy atom. The lowest BCUT2D eigenvalue weighted by Gasteiger charge is -2.10. The van der Waals surface area contributed by atoms with E-state index >= 15 is 0 Å². The van der Waals surface area contributed by atoms with Gasteiger partial charge in [0.25, 0.3) is 0 Å². The largest absolute Gasteiger partial charge is 0.507 e. The van der Waals surface area contributed by atoms with Crippen molar-refractivity contribution in [1.29, 1.82) is 0 Å². The van der Waals surface area contributed by atoms with Gasteiger partial charge in [-0.05, 0) is 62.2 Å². The summed E-state index contributed by atoms with van der Waals surface area (Å²) in [6, 6.07) is 14.8. The Hall–Kier alpha value is -3.34. The summed E-state index contributed by atoms with van der Waals surface area (Å²) in [4.78, 5) is 15.5. The highest BCUT2D eigenvalue weighted by Crippen LogP contribution is 2.24. The smallest absolute Gasteiger partial charge is 0.339 e. The van der Waals surface area contributed by atoms with Crippen LogP contribution in [0, 0.1) is 13.8 Å². The summed E-state index contributed by atoms with van der Waals surface area (Å²) >= 11 is 0. The molecule has 0 aliphatic carbocycles. The normalized spacial score (nSPS) is 11.2. The third kappa shape index (κ3) is 3.77. The van der Waals surface area contributed by atoms with Gasteiger partial charge in [0, 0.05) is 28.9 Å². The predicted molar refractivity (Wildman–Crippen MR) is 107 cm³/mol. The van der Waals surface area contributed by atoms with Crippen LogP contribution in [0.3, 0.4) is 0 Å². The van der Waals surface area contributed by atoms with Gasteiger partial charge in [0.1, 0.15) is 11.3 Å². The second kappa shape index (κ2) is 7.50. The lowest BCUT2D eigenvalue weighted by molar-refractivity contribution is 0.0694. The standard InChI is InChI=1S/C22H22N2O3/c1-4-16-5-8-19(9-6-16)24-14(2)11-17(15(24)3)13-23-18-7-10-21(25)20(12-18)22(26)27/h5-13,25H,4H2,1-3H3,(H,26,27). The quantitative estimate of drug-likeness (QED) is 0.640. The van der Waals surface area contributed by atoms with Gasteiger partial charge in [-0.1, -0.05) is 19.1 Å². The van der Waals surface area contributed by atoms with E-state index in [1.807, 2.05) is 19.9 Å². The minimum atomic E-state index is -1.18. The number of aliphatic imine (C=N–C) groups is 1. The number of aromatic carboxylic acids is 1. The molecule has 5 nitrogen and oxygen atoms in total. The van der Waals surface area contributed by atoms with Crippen molar-refractivity contribution < 1.29 is 15.0 Å². The van der Waals surface area contributed by atoms with Gasteiger partial charge in [0.15, 0.2) is 0 Å². The van der Waals surface area contributed by atoms with E-state index in [0.29, 0.717) is 5.69 Å². The molecule has 1 heterocycles. The minimum absolute atomic E-state index is 0.161. The summed E-state index contributed by atoms with van der Waals surface area (Å²) in [5, 5.41) is 18.7. The van der Waals surface area contributed by atoms with Gasteiger partial charge in [-0.2, -0.15) is 0 Å². The molecule has 0 radical (unpaired) electrons. The molecule has 0 amide bonds. The molecule has 0 saturated carbocycles.